The molecule has 0 radical (unpaired) electrons. The van der Waals surface area contributed by atoms with Gasteiger partial charge in [0, 0.05) is 25.0 Å². The molecular formula is C36H60N4O8. The van der Waals surface area contributed by atoms with Gasteiger partial charge in [-0.25, -0.2) is 0 Å². The Morgan fingerprint density at radius 2 is 0.938 bits per heavy atom. The predicted octanol–water partition coefficient (Wildman–Crippen LogP) is 4.48. The maximum Gasteiger partial charge on any atom is 0.257 e. The molecule has 2 N–H and O–H groups in total. The minimum absolute atomic E-state index is 0.194. The molecule has 272 valence electrons. The second-order valence-electron chi connectivity index (χ2n) is 14.1. The molecule has 0 fully saturated rings. The molecule has 2 aliphatic rings. The van der Waals surface area contributed by atoms with Gasteiger partial charge in [-0.05, 0) is 49.4 Å². The summed E-state index contributed by atoms with van der Waals surface area (Å²) >= 11 is 0. The fourth-order valence-corrected chi connectivity index (χ4v) is 5.70. The van der Waals surface area contributed by atoms with E-state index in [0.717, 1.165) is 0 Å². The summed E-state index contributed by atoms with van der Waals surface area (Å²) in [5, 5.41) is 5.51. The summed E-state index contributed by atoms with van der Waals surface area (Å²) in [6.45, 7) is 19.5. The summed E-state index contributed by atoms with van der Waals surface area (Å²) in [7, 11) is 3.01. The number of methoxy groups -OCH3 is 2. The Balaban J connectivity index is 0.000000480. The lowest BCUT2D eigenvalue weighted by molar-refractivity contribution is -0.147. The molecule has 0 aliphatic carbocycles. The van der Waals surface area contributed by atoms with Crippen LogP contribution in [-0.4, -0.2) is 83.6 Å². The molecule has 0 unspecified atom stereocenters. The fourth-order valence-electron chi connectivity index (χ4n) is 5.70. The van der Waals surface area contributed by atoms with Crippen molar-refractivity contribution in [3.63, 3.8) is 0 Å². The van der Waals surface area contributed by atoms with Gasteiger partial charge >= 0.3 is 0 Å². The molecule has 0 aromatic heterocycles. The third-order valence-electron chi connectivity index (χ3n) is 7.95. The number of carbonyl (C=O) groups excluding carboxylic acids is 6. The van der Waals surface area contributed by atoms with E-state index in [-0.39, 0.29) is 47.3 Å². The maximum atomic E-state index is 13.0. The van der Waals surface area contributed by atoms with E-state index in [9.17, 15) is 28.8 Å². The third-order valence-corrected chi connectivity index (χ3v) is 7.95. The molecule has 0 bridgehead atoms. The first kappa shape index (κ1) is 42.3. The standard InChI is InChI=1S/2C18H30N2O4/c2*1-7-16(21)19-13(8-11(2)3)18(23)20-14(9-12(4)5)15(24-6)10-17(20)22/h2*10-14H,7-9H2,1-6H3,(H,19,21)/t2*13-,14+/m11/s1. The van der Waals surface area contributed by atoms with Crippen molar-refractivity contribution in [1.82, 2.24) is 20.4 Å². The molecule has 0 aromatic carbocycles. The highest BCUT2D eigenvalue weighted by atomic mass is 16.5. The lowest BCUT2D eigenvalue weighted by atomic mass is 9.99. The summed E-state index contributed by atoms with van der Waals surface area (Å²) in [5.74, 6) is 0.186. The number of carbonyl (C=O) groups is 6. The second kappa shape index (κ2) is 20.0. The molecular weight excluding hydrogens is 616 g/mol. The highest BCUT2D eigenvalue weighted by molar-refractivity contribution is 6.07. The molecule has 0 saturated heterocycles. The van der Waals surface area contributed by atoms with Crippen LogP contribution in [0.3, 0.4) is 0 Å². The summed E-state index contributed by atoms with van der Waals surface area (Å²) in [6.07, 6.45) is 5.59. The zero-order valence-electron chi connectivity index (χ0n) is 31.2. The molecule has 0 spiro atoms. The van der Waals surface area contributed by atoms with Gasteiger partial charge in [-0.1, -0.05) is 69.2 Å². The SMILES string of the molecule is CCC(=O)N[C@H](CC(C)C)C(=O)N1C(=O)C=C(OC)[C@@H]1CC(C)C.CCC(=O)N[C@H](CC(C)C)C(=O)N1C(=O)C=C(OC)[C@@H]1CC(C)C. The van der Waals surface area contributed by atoms with Crippen molar-refractivity contribution in [2.45, 2.75) is 132 Å². The predicted molar refractivity (Wildman–Crippen MR) is 184 cm³/mol. The summed E-state index contributed by atoms with van der Waals surface area (Å²) < 4.78 is 10.6. The molecule has 0 saturated carbocycles. The summed E-state index contributed by atoms with van der Waals surface area (Å²) in [6, 6.07) is -2.19. The molecule has 6 amide bonds. The Hall–Kier alpha value is -3.70. The highest BCUT2D eigenvalue weighted by Crippen LogP contribution is 2.29. The third kappa shape index (κ3) is 12.4. The molecule has 2 heterocycles. The van der Waals surface area contributed by atoms with Gasteiger partial charge < -0.3 is 20.1 Å². The Labute approximate surface area is 287 Å². The van der Waals surface area contributed by atoms with Crippen molar-refractivity contribution in [2.75, 3.05) is 14.2 Å². The van der Waals surface area contributed by atoms with Crippen LogP contribution in [0.4, 0.5) is 0 Å². The van der Waals surface area contributed by atoms with Gasteiger partial charge in [0.2, 0.25) is 11.8 Å². The largest absolute Gasteiger partial charge is 0.499 e. The van der Waals surface area contributed by atoms with Crippen molar-refractivity contribution >= 4 is 35.4 Å². The van der Waals surface area contributed by atoms with Gasteiger partial charge in [-0.3, -0.25) is 38.6 Å². The zero-order chi connectivity index (χ0) is 36.9. The summed E-state index contributed by atoms with van der Waals surface area (Å²) in [5.41, 5.74) is 0. The summed E-state index contributed by atoms with van der Waals surface area (Å²) in [4.78, 5) is 76.8. The van der Waals surface area contributed by atoms with Crippen molar-refractivity contribution in [3.05, 3.63) is 23.7 Å². The van der Waals surface area contributed by atoms with Gasteiger partial charge in [0.05, 0.1) is 26.3 Å². The van der Waals surface area contributed by atoms with Crippen molar-refractivity contribution in [3.8, 4) is 0 Å². The quantitative estimate of drug-likeness (QED) is 0.243. The Bertz CT molecular complexity index is 1110. The van der Waals surface area contributed by atoms with Gasteiger partial charge in [0.15, 0.2) is 0 Å². The van der Waals surface area contributed by atoms with E-state index < -0.39 is 24.2 Å². The average Bonchev–Trinajstić information content (AvgIpc) is 3.48. The number of nitrogens with zero attached hydrogens (tertiary/aromatic N) is 2. The molecule has 4 atom stereocenters. The van der Waals surface area contributed by atoms with Crippen molar-refractivity contribution in [1.29, 1.82) is 0 Å². The van der Waals surface area contributed by atoms with Crippen LogP contribution in [0.25, 0.3) is 0 Å². The smallest absolute Gasteiger partial charge is 0.257 e. The Morgan fingerprint density at radius 1 is 0.625 bits per heavy atom. The first-order valence-electron chi connectivity index (χ1n) is 17.3. The molecule has 12 nitrogen and oxygen atoms in total. The van der Waals surface area contributed by atoms with Crippen LogP contribution in [0.5, 0.6) is 0 Å². The number of ether oxygens (including phenoxy) is 2. The van der Waals surface area contributed by atoms with E-state index in [4.69, 9.17) is 9.47 Å². The van der Waals surface area contributed by atoms with Crippen LogP contribution in [-0.2, 0) is 38.2 Å². The first-order valence-corrected chi connectivity index (χ1v) is 17.3. The maximum absolute atomic E-state index is 13.0. The van der Waals surface area contributed by atoms with Gasteiger partial charge in [-0.15, -0.1) is 0 Å². The average molecular weight is 677 g/mol. The molecule has 48 heavy (non-hydrogen) atoms. The van der Waals surface area contributed by atoms with E-state index >= 15 is 0 Å². The normalized spacial score (nSPS) is 18.8. The lowest BCUT2D eigenvalue weighted by Crippen LogP contribution is -2.52. The highest BCUT2D eigenvalue weighted by Gasteiger charge is 2.43. The number of imide groups is 2. The molecule has 0 aromatic rings. The van der Waals surface area contributed by atoms with Crippen molar-refractivity contribution in [2.24, 2.45) is 23.7 Å². The topological polar surface area (TPSA) is 151 Å². The zero-order valence-corrected chi connectivity index (χ0v) is 31.2. The first-order chi connectivity index (χ1) is 22.4. The number of rotatable bonds is 16. The van der Waals surface area contributed by atoms with E-state index in [1.54, 1.807) is 13.8 Å². The van der Waals surface area contributed by atoms with Gasteiger partial charge in [-0.2, -0.15) is 0 Å². The lowest BCUT2D eigenvalue weighted by Gasteiger charge is -2.30. The van der Waals surface area contributed by atoms with Gasteiger partial charge in [0.25, 0.3) is 23.6 Å². The Morgan fingerprint density at radius 3 is 1.17 bits per heavy atom. The van der Waals surface area contributed by atoms with Gasteiger partial charge in [0.1, 0.15) is 23.6 Å². The molecule has 12 heteroatoms. The minimum atomic E-state index is -0.694. The minimum Gasteiger partial charge on any atom is -0.499 e. The molecule has 2 aliphatic heterocycles. The van der Waals surface area contributed by atoms with Crippen LogP contribution < -0.4 is 10.6 Å². The van der Waals surface area contributed by atoms with E-state index in [2.05, 4.69) is 10.6 Å². The van der Waals surface area contributed by atoms with E-state index in [1.807, 2.05) is 55.4 Å². The Kier molecular flexibility index (Phi) is 17.6. The molecule has 2 rings (SSSR count). The van der Waals surface area contributed by atoms with Crippen LogP contribution in [0.15, 0.2) is 23.7 Å². The van der Waals surface area contributed by atoms with Crippen LogP contribution in [0.2, 0.25) is 0 Å². The van der Waals surface area contributed by atoms with E-state index in [1.165, 1.54) is 36.2 Å². The monoisotopic (exact) mass is 676 g/mol. The van der Waals surface area contributed by atoms with Crippen LogP contribution in [0.1, 0.15) is 108 Å². The van der Waals surface area contributed by atoms with Crippen LogP contribution >= 0.6 is 0 Å². The number of nitrogens with one attached hydrogen (secondary N) is 2. The second-order valence-corrected chi connectivity index (χ2v) is 14.1. The fraction of sp³-hybridized carbons (Fsp3) is 0.722. The number of amides is 6. The van der Waals surface area contributed by atoms with Crippen LogP contribution in [0, 0.1) is 23.7 Å². The number of hydrogen-bond donors (Lipinski definition) is 2. The van der Waals surface area contributed by atoms with E-state index in [0.29, 0.717) is 61.9 Å². The number of hydrogen-bond acceptors (Lipinski definition) is 8. The van der Waals surface area contributed by atoms with Crippen molar-refractivity contribution < 1.29 is 38.2 Å².